The van der Waals surface area contributed by atoms with Crippen molar-refractivity contribution >= 4 is 53.6 Å². The minimum Gasteiger partial charge on any atom is -0.358 e. The van der Waals surface area contributed by atoms with Crippen LogP contribution in [0.5, 0.6) is 0 Å². The Morgan fingerprint density at radius 1 is 1.46 bits per heavy atom. The van der Waals surface area contributed by atoms with Gasteiger partial charge in [-0.3, -0.25) is 0 Å². The summed E-state index contributed by atoms with van der Waals surface area (Å²) in [6.07, 6.45) is 1.80. The van der Waals surface area contributed by atoms with Crippen LogP contribution in [-0.4, -0.2) is 23.9 Å². The zero-order valence-corrected chi connectivity index (χ0v) is 11.9. The second-order valence-electron chi connectivity index (χ2n) is 2.57. The molecular weight excluding hydrogens is 364 g/mol. The van der Waals surface area contributed by atoms with Crippen molar-refractivity contribution in [3.63, 3.8) is 0 Å². The van der Waals surface area contributed by atoms with Gasteiger partial charge in [0.1, 0.15) is 5.82 Å². The summed E-state index contributed by atoms with van der Waals surface area (Å²) in [5.74, 6) is 0.961. The van der Waals surface area contributed by atoms with E-state index in [0.29, 0.717) is 0 Å². The van der Waals surface area contributed by atoms with Crippen LogP contribution in [0.2, 0.25) is 0 Å². The highest BCUT2D eigenvalue weighted by Gasteiger charge is 2.06. The van der Waals surface area contributed by atoms with Gasteiger partial charge < -0.3 is 4.90 Å². The molecule has 0 amide bonds. The first-order chi connectivity index (χ1) is 6.15. The molecule has 0 fully saturated rings. The van der Waals surface area contributed by atoms with Gasteiger partial charge in [-0.1, -0.05) is 15.9 Å². The number of hydrogen-bond donors (Lipinski definition) is 0. The second-order valence-corrected chi connectivity index (χ2v) is 5.13. The van der Waals surface area contributed by atoms with E-state index in [1.165, 1.54) is 0 Å². The van der Waals surface area contributed by atoms with Crippen LogP contribution in [0.15, 0.2) is 21.2 Å². The third kappa shape index (κ3) is 3.22. The summed E-state index contributed by atoms with van der Waals surface area (Å²) >= 11 is 10.2. The molecule has 1 aromatic heterocycles. The first-order valence-corrected chi connectivity index (χ1v) is 6.44. The van der Waals surface area contributed by atoms with Gasteiger partial charge in [0.15, 0.2) is 0 Å². The molecule has 5 heteroatoms. The lowest BCUT2D eigenvalue weighted by Crippen LogP contribution is -2.20. The van der Waals surface area contributed by atoms with Gasteiger partial charge in [-0.25, -0.2) is 4.98 Å². The van der Waals surface area contributed by atoms with Crippen LogP contribution in [-0.2, 0) is 0 Å². The Hall–Kier alpha value is 0.390. The lowest BCUT2D eigenvalue weighted by Gasteiger charge is -2.17. The zero-order chi connectivity index (χ0) is 9.84. The Kier molecular flexibility index (Phi) is 4.69. The third-order valence-electron chi connectivity index (χ3n) is 1.57. The fraction of sp³-hybridized carbons (Fsp3) is 0.375. The van der Waals surface area contributed by atoms with E-state index in [-0.39, 0.29) is 0 Å². The summed E-state index contributed by atoms with van der Waals surface area (Å²) in [5.41, 5.74) is 0. The Morgan fingerprint density at radius 2 is 2.15 bits per heavy atom. The van der Waals surface area contributed by atoms with Crippen LogP contribution in [0.1, 0.15) is 0 Å². The molecule has 0 aromatic carbocycles. The van der Waals surface area contributed by atoms with Gasteiger partial charge in [0, 0.05) is 29.6 Å². The summed E-state index contributed by atoms with van der Waals surface area (Å²) in [6, 6.07) is 1.99. The lowest BCUT2D eigenvalue weighted by atomic mass is 10.4. The van der Waals surface area contributed by atoms with Crippen molar-refractivity contribution in [2.75, 3.05) is 23.8 Å². The van der Waals surface area contributed by atoms with Crippen molar-refractivity contribution in [3.05, 3.63) is 21.2 Å². The minimum absolute atomic E-state index is 0.938. The standard InChI is InChI=1S/C8H9Br3N2/c1-13(3-2-9)8-7(11)4-6(10)5-12-8/h4-5H,2-3H2,1H3. The van der Waals surface area contributed by atoms with E-state index in [1.54, 1.807) is 6.20 Å². The predicted molar refractivity (Wildman–Crippen MR) is 66.7 cm³/mol. The van der Waals surface area contributed by atoms with Gasteiger partial charge in [-0.15, -0.1) is 0 Å². The van der Waals surface area contributed by atoms with Crippen molar-refractivity contribution in [2.24, 2.45) is 0 Å². The van der Waals surface area contributed by atoms with E-state index in [0.717, 1.165) is 26.6 Å². The van der Waals surface area contributed by atoms with Crippen LogP contribution in [0.4, 0.5) is 5.82 Å². The number of aromatic nitrogens is 1. The number of anilines is 1. The molecule has 0 aliphatic rings. The summed E-state index contributed by atoms with van der Waals surface area (Å²) < 4.78 is 1.99. The lowest BCUT2D eigenvalue weighted by molar-refractivity contribution is 0.944. The maximum atomic E-state index is 4.31. The second kappa shape index (κ2) is 5.32. The van der Waals surface area contributed by atoms with Gasteiger partial charge in [0.25, 0.3) is 0 Å². The van der Waals surface area contributed by atoms with Gasteiger partial charge in [-0.2, -0.15) is 0 Å². The molecular formula is C8H9Br3N2. The highest BCUT2D eigenvalue weighted by atomic mass is 79.9. The molecule has 0 atom stereocenters. The molecule has 0 aliphatic carbocycles. The number of nitrogens with zero attached hydrogens (tertiary/aromatic N) is 2. The molecule has 1 rings (SSSR count). The monoisotopic (exact) mass is 370 g/mol. The highest BCUT2D eigenvalue weighted by molar-refractivity contribution is 9.11. The van der Waals surface area contributed by atoms with E-state index in [4.69, 9.17) is 0 Å². The Balaban J connectivity index is 2.88. The molecule has 0 unspecified atom stereocenters. The van der Waals surface area contributed by atoms with Crippen LogP contribution in [0.25, 0.3) is 0 Å². The predicted octanol–water partition coefficient (Wildman–Crippen LogP) is 3.44. The van der Waals surface area contributed by atoms with Crippen LogP contribution >= 0.6 is 47.8 Å². The molecule has 13 heavy (non-hydrogen) atoms. The van der Waals surface area contributed by atoms with Crippen molar-refractivity contribution in [1.82, 2.24) is 4.98 Å². The number of halogens is 3. The Bertz CT molecular complexity index is 291. The molecule has 2 nitrogen and oxygen atoms in total. The molecule has 1 heterocycles. The first kappa shape index (κ1) is 11.5. The van der Waals surface area contributed by atoms with Crippen molar-refractivity contribution in [1.29, 1.82) is 0 Å². The van der Waals surface area contributed by atoms with Gasteiger partial charge in [-0.05, 0) is 37.9 Å². The maximum Gasteiger partial charge on any atom is 0.142 e. The number of alkyl halides is 1. The average Bonchev–Trinajstić information content (AvgIpc) is 2.04. The summed E-state index contributed by atoms with van der Waals surface area (Å²) in [4.78, 5) is 6.40. The smallest absolute Gasteiger partial charge is 0.142 e. The summed E-state index contributed by atoms with van der Waals surface area (Å²) in [7, 11) is 2.02. The molecule has 0 radical (unpaired) electrons. The number of pyridine rings is 1. The SMILES string of the molecule is CN(CCBr)c1ncc(Br)cc1Br. The minimum atomic E-state index is 0.938. The van der Waals surface area contributed by atoms with E-state index in [1.807, 2.05) is 13.1 Å². The van der Waals surface area contributed by atoms with E-state index in [2.05, 4.69) is 57.7 Å². The van der Waals surface area contributed by atoms with E-state index >= 15 is 0 Å². The maximum absolute atomic E-state index is 4.31. The summed E-state index contributed by atoms with van der Waals surface area (Å²) in [5, 5.41) is 0.938. The van der Waals surface area contributed by atoms with E-state index < -0.39 is 0 Å². The zero-order valence-electron chi connectivity index (χ0n) is 7.10. The fourth-order valence-electron chi connectivity index (χ4n) is 0.921. The van der Waals surface area contributed by atoms with Crippen molar-refractivity contribution < 1.29 is 0 Å². The largest absolute Gasteiger partial charge is 0.358 e. The molecule has 0 saturated heterocycles. The quantitative estimate of drug-likeness (QED) is 0.756. The molecule has 1 aromatic rings. The fourth-order valence-corrected chi connectivity index (χ4v) is 2.74. The molecule has 0 N–H and O–H groups in total. The van der Waals surface area contributed by atoms with Crippen LogP contribution < -0.4 is 4.90 Å². The third-order valence-corrected chi connectivity index (χ3v) is 2.94. The molecule has 0 bridgehead atoms. The first-order valence-electron chi connectivity index (χ1n) is 3.73. The highest BCUT2D eigenvalue weighted by Crippen LogP contribution is 2.25. The van der Waals surface area contributed by atoms with Crippen LogP contribution in [0, 0.1) is 0 Å². The Morgan fingerprint density at radius 3 is 2.69 bits per heavy atom. The van der Waals surface area contributed by atoms with Gasteiger partial charge in [0.2, 0.25) is 0 Å². The van der Waals surface area contributed by atoms with Crippen molar-refractivity contribution in [3.8, 4) is 0 Å². The topological polar surface area (TPSA) is 16.1 Å². The summed E-state index contributed by atoms with van der Waals surface area (Å²) in [6.45, 7) is 0.938. The number of rotatable bonds is 3. The molecule has 0 aliphatic heterocycles. The number of hydrogen-bond acceptors (Lipinski definition) is 2. The van der Waals surface area contributed by atoms with Crippen molar-refractivity contribution in [2.45, 2.75) is 0 Å². The van der Waals surface area contributed by atoms with Crippen LogP contribution in [0.3, 0.4) is 0 Å². The van der Waals surface area contributed by atoms with Gasteiger partial charge in [0.05, 0.1) is 4.47 Å². The van der Waals surface area contributed by atoms with Gasteiger partial charge >= 0.3 is 0 Å². The normalized spacial score (nSPS) is 10.2. The van der Waals surface area contributed by atoms with E-state index in [9.17, 15) is 0 Å². The average molecular weight is 373 g/mol. The molecule has 0 saturated carbocycles. The molecule has 72 valence electrons. The Labute approximate surface area is 103 Å². The molecule has 0 spiro atoms.